The SMILES string of the molecule is CCC[C@@H]1C(C)OC[C@H]1O. The number of hydrogen-bond acceptors (Lipinski definition) is 2. The van der Waals surface area contributed by atoms with E-state index < -0.39 is 0 Å². The van der Waals surface area contributed by atoms with Crippen LogP contribution in [0.4, 0.5) is 0 Å². The Balaban J connectivity index is 2.38. The first-order chi connectivity index (χ1) is 4.75. The number of ether oxygens (including phenoxy) is 1. The van der Waals surface area contributed by atoms with Crippen molar-refractivity contribution in [1.82, 2.24) is 0 Å². The maximum Gasteiger partial charge on any atom is 0.0826 e. The number of hydrogen-bond donors (Lipinski definition) is 1. The third-order valence-electron chi connectivity index (χ3n) is 2.25. The molecule has 60 valence electrons. The van der Waals surface area contributed by atoms with Crippen LogP contribution in [0.3, 0.4) is 0 Å². The molecule has 0 aromatic carbocycles. The van der Waals surface area contributed by atoms with Crippen LogP contribution in [0.15, 0.2) is 0 Å². The van der Waals surface area contributed by atoms with Crippen LogP contribution >= 0.6 is 0 Å². The van der Waals surface area contributed by atoms with E-state index >= 15 is 0 Å². The first-order valence-corrected chi connectivity index (χ1v) is 4.05. The van der Waals surface area contributed by atoms with Crippen LogP contribution in [0, 0.1) is 5.92 Å². The van der Waals surface area contributed by atoms with Gasteiger partial charge in [0.1, 0.15) is 0 Å². The van der Waals surface area contributed by atoms with Gasteiger partial charge in [0.05, 0.1) is 18.8 Å². The highest BCUT2D eigenvalue weighted by Crippen LogP contribution is 2.25. The highest BCUT2D eigenvalue weighted by atomic mass is 16.5. The Bertz CT molecular complexity index is 93.4. The van der Waals surface area contributed by atoms with Gasteiger partial charge < -0.3 is 9.84 Å². The van der Waals surface area contributed by atoms with Crippen molar-refractivity contribution < 1.29 is 9.84 Å². The second-order valence-electron chi connectivity index (χ2n) is 3.06. The fourth-order valence-corrected chi connectivity index (χ4v) is 1.57. The summed E-state index contributed by atoms with van der Waals surface area (Å²) >= 11 is 0. The van der Waals surface area contributed by atoms with E-state index in [1.807, 2.05) is 6.92 Å². The molecule has 3 atom stereocenters. The van der Waals surface area contributed by atoms with Crippen LogP contribution in [0.5, 0.6) is 0 Å². The Hall–Kier alpha value is -0.0800. The van der Waals surface area contributed by atoms with E-state index in [0.29, 0.717) is 12.5 Å². The molecule has 0 radical (unpaired) electrons. The Morgan fingerprint density at radius 2 is 2.30 bits per heavy atom. The maximum atomic E-state index is 9.37. The molecule has 1 saturated heterocycles. The van der Waals surface area contributed by atoms with Gasteiger partial charge in [-0.25, -0.2) is 0 Å². The van der Waals surface area contributed by atoms with Crippen molar-refractivity contribution in [3.8, 4) is 0 Å². The smallest absolute Gasteiger partial charge is 0.0826 e. The normalized spacial score (nSPS) is 40.5. The molecule has 2 nitrogen and oxygen atoms in total. The van der Waals surface area contributed by atoms with Crippen LogP contribution < -0.4 is 0 Å². The predicted octanol–water partition coefficient (Wildman–Crippen LogP) is 1.18. The summed E-state index contributed by atoms with van der Waals surface area (Å²) in [6, 6.07) is 0. The molecule has 10 heavy (non-hydrogen) atoms. The molecule has 1 fully saturated rings. The molecule has 0 saturated carbocycles. The van der Waals surface area contributed by atoms with Gasteiger partial charge in [-0.3, -0.25) is 0 Å². The van der Waals surface area contributed by atoms with E-state index in [0.717, 1.165) is 12.8 Å². The molecule has 2 heteroatoms. The summed E-state index contributed by atoms with van der Waals surface area (Å²) in [4.78, 5) is 0. The lowest BCUT2D eigenvalue weighted by Gasteiger charge is -2.14. The first-order valence-electron chi connectivity index (χ1n) is 4.05. The van der Waals surface area contributed by atoms with Gasteiger partial charge in [-0.15, -0.1) is 0 Å². The van der Waals surface area contributed by atoms with Crippen LogP contribution in [0.2, 0.25) is 0 Å². The standard InChI is InChI=1S/C8H16O2/c1-3-4-7-6(2)10-5-8(7)9/h6-9H,3-5H2,1-2H3/t6?,7-,8-/m1/s1. The fraction of sp³-hybridized carbons (Fsp3) is 1.00. The van der Waals surface area contributed by atoms with E-state index in [-0.39, 0.29) is 12.2 Å². The predicted molar refractivity (Wildman–Crippen MR) is 39.8 cm³/mol. The van der Waals surface area contributed by atoms with Gasteiger partial charge in [0.2, 0.25) is 0 Å². The molecule has 1 N–H and O–H groups in total. The molecular weight excluding hydrogens is 128 g/mol. The Labute approximate surface area is 62.2 Å². The summed E-state index contributed by atoms with van der Waals surface area (Å²) in [5.74, 6) is 0.380. The Morgan fingerprint density at radius 1 is 1.60 bits per heavy atom. The quantitative estimate of drug-likeness (QED) is 0.630. The molecule has 0 aliphatic carbocycles. The summed E-state index contributed by atoms with van der Waals surface area (Å²) in [6.07, 6.45) is 2.27. The molecule has 0 aromatic rings. The van der Waals surface area contributed by atoms with E-state index in [4.69, 9.17) is 4.74 Å². The van der Waals surface area contributed by atoms with E-state index in [2.05, 4.69) is 6.92 Å². The summed E-state index contributed by atoms with van der Waals surface area (Å²) in [5.41, 5.74) is 0. The molecule has 1 aliphatic rings. The van der Waals surface area contributed by atoms with Gasteiger partial charge in [-0.1, -0.05) is 13.3 Å². The van der Waals surface area contributed by atoms with Crippen molar-refractivity contribution in [2.24, 2.45) is 5.92 Å². The van der Waals surface area contributed by atoms with Gasteiger partial charge >= 0.3 is 0 Å². The average Bonchev–Trinajstić information content (AvgIpc) is 2.20. The molecule has 0 spiro atoms. The molecule has 1 heterocycles. The van der Waals surface area contributed by atoms with Gasteiger partial charge in [-0.2, -0.15) is 0 Å². The van der Waals surface area contributed by atoms with Gasteiger partial charge in [-0.05, 0) is 13.3 Å². The van der Waals surface area contributed by atoms with Crippen molar-refractivity contribution in [3.63, 3.8) is 0 Å². The Morgan fingerprint density at radius 3 is 2.70 bits per heavy atom. The minimum absolute atomic E-state index is 0.213. The van der Waals surface area contributed by atoms with E-state index in [1.54, 1.807) is 0 Å². The van der Waals surface area contributed by atoms with E-state index in [9.17, 15) is 5.11 Å². The molecule has 0 bridgehead atoms. The van der Waals surface area contributed by atoms with Gasteiger partial charge in [0, 0.05) is 5.92 Å². The second-order valence-corrected chi connectivity index (χ2v) is 3.06. The number of rotatable bonds is 2. The summed E-state index contributed by atoms with van der Waals surface area (Å²) < 4.78 is 5.28. The topological polar surface area (TPSA) is 29.5 Å². The van der Waals surface area contributed by atoms with Crippen LogP contribution in [0.25, 0.3) is 0 Å². The minimum atomic E-state index is -0.213. The third kappa shape index (κ3) is 1.50. The average molecular weight is 144 g/mol. The molecule has 0 aromatic heterocycles. The zero-order valence-electron chi connectivity index (χ0n) is 6.71. The van der Waals surface area contributed by atoms with Crippen LogP contribution in [0.1, 0.15) is 26.7 Å². The monoisotopic (exact) mass is 144 g/mol. The number of aliphatic hydroxyl groups excluding tert-OH is 1. The minimum Gasteiger partial charge on any atom is -0.390 e. The first kappa shape index (κ1) is 8.02. The van der Waals surface area contributed by atoms with Gasteiger partial charge in [0.15, 0.2) is 0 Å². The third-order valence-corrected chi connectivity index (χ3v) is 2.25. The highest BCUT2D eigenvalue weighted by Gasteiger charge is 2.31. The van der Waals surface area contributed by atoms with Crippen molar-refractivity contribution in [2.75, 3.05) is 6.61 Å². The number of aliphatic hydroxyl groups is 1. The molecule has 1 aliphatic heterocycles. The zero-order chi connectivity index (χ0) is 7.56. The zero-order valence-corrected chi connectivity index (χ0v) is 6.71. The Kier molecular flexibility index (Phi) is 2.69. The lowest BCUT2D eigenvalue weighted by molar-refractivity contribution is 0.0961. The fourth-order valence-electron chi connectivity index (χ4n) is 1.57. The van der Waals surface area contributed by atoms with E-state index in [1.165, 1.54) is 0 Å². The van der Waals surface area contributed by atoms with Crippen LogP contribution in [-0.4, -0.2) is 23.9 Å². The highest BCUT2D eigenvalue weighted by molar-refractivity contribution is 4.79. The van der Waals surface area contributed by atoms with Crippen molar-refractivity contribution >= 4 is 0 Å². The summed E-state index contributed by atoms with van der Waals surface area (Å²) in [5, 5.41) is 9.37. The second kappa shape index (κ2) is 3.35. The lowest BCUT2D eigenvalue weighted by Crippen LogP contribution is -2.21. The maximum absolute atomic E-state index is 9.37. The molecular formula is C8H16O2. The van der Waals surface area contributed by atoms with Crippen molar-refractivity contribution in [3.05, 3.63) is 0 Å². The molecule has 0 amide bonds. The summed E-state index contributed by atoms with van der Waals surface area (Å²) in [7, 11) is 0. The summed E-state index contributed by atoms with van der Waals surface area (Å²) in [6.45, 7) is 4.71. The lowest BCUT2D eigenvalue weighted by atomic mass is 9.95. The molecule has 1 unspecified atom stereocenters. The van der Waals surface area contributed by atoms with Crippen molar-refractivity contribution in [2.45, 2.75) is 38.9 Å². The largest absolute Gasteiger partial charge is 0.390 e. The molecule has 1 rings (SSSR count). The van der Waals surface area contributed by atoms with Crippen molar-refractivity contribution in [1.29, 1.82) is 0 Å². The van der Waals surface area contributed by atoms with Gasteiger partial charge in [0.25, 0.3) is 0 Å². The van der Waals surface area contributed by atoms with Crippen LogP contribution in [-0.2, 0) is 4.74 Å².